The molecule has 3 aromatic rings. The van der Waals surface area contributed by atoms with Gasteiger partial charge in [-0.2, -0.15) is 0 Å². The normalized spacial score (nSPS) is 10.3. The number of carbonyl (C=O) groups excluding carboxylic acids is 1. The highest BCUT2D eigenvalue weighted by atomic mass is 16.5. The van der Waals surface area contributed by atoms with Gasteiger partial charge in [-0.15, -0.1) is 0 Å². The minimum atomic E-state index is -0.112. The van der Waals surface area contributed by atoms with E-state index in [2.05, 4.69) is 4.98 Å². The molecule has 0 bridgehead atoms. The van der Waals surface area contributed by atoms with Crippen LogP contribution in [0, 0.1) is 0 Å². The summed E-state index contributed by atoms with van der Waals surface area (Å²) in [6, 6.07) is 16.7. The third-order valence-electron chi connectivity index (χ3n) is 3.48. The predicted octanol–water partition coefficient (Wildman–Crippen LogP) is 3.28. The number of benzene rings is 1. The molecule has 122 valence electrons. The van der Waals surface area contributed by atoms with E-state index < -0.39 is 0 Å². The fourth-order valence-corrected chi connectivity index (χ4v) is 2.29. The number of pyridine rings is 1. The van der Waals surface area contributed by atoms with Crippen molar-refractivity contribution in [3.63, 3.8) is 0 Å². The second-order valence-electron chi connectivity index (χ2n) is 5.29. The van der Waals surface area contributed by atoms with Crippen molar-refractivity contribution in [2.75, 3.05) is 6.61 Å². The Hall–Kier alpha value is -3.08. The van der Waals surface area contributed by atoms with Gasteiger partial charge in [0.1, 0.15) is 11.5 Å². The molecular weight excluding hydrogens is 304 g/mol. The number of carbonyl (C=O) groups is 1. The fourth-order valence-electron chi connectivity index (χ4n) is 2.29. The van der Waals surface area contributed by atoms with Gasteiger partial charge in [0.25, 0.3) is 5.91 Å². The first kappa shape index (κ1) is 15.8. The van der Waals surface area contributed by atoms with Gasteiger partial charge in [0.15, 0.2) is 6.61 Å². The molecule has 0 aliphatic carbocycles. The van der Waals surface area contributed by atoms with E-state index in [1.54, 1.807) is 23.6 Å². The van der Waals surface area contributed by atoms with Crippen LogP contribution in [-0.4, -0.2) is 22.4 Å². The Balaban J connectivity index is 1.67. The van der Waals surface area contributed by atoms with Gasteiger partial charge >= 0.3 is 0 Å². The predicted molar refractivity (Wildman–Crippen MR) is 89.1 cm³/mol. The first-order valence-corrected chi connectivity index (χ1v) is 7.68. The second kappa shape index (κ2) is 7.97. The van der Waals surface area contributed by atoms with Crippen molar-refractivity contribution >= 4 is 5.91 Å². The minimum absolute atomic E-state index is 0.0228. The van der Waals surface area contributed by atoms with Crippen molar-refractivity contribution in [3.05, 3.63) is 84.6 Å². The first-order valence-electron chi connectivity index (χ1n) is 7.68. The molecule has 5 heteroatoms. The number of hydrogen-bond donors (Lipinski definition) is 0. The third kappa shape index (κ3) is 4.46. The standard InChI is InChI=1S/C19H18N2O3/c22-19(15-24-17-7-2-1-3-8-17)21(14-18-9-5-11-23-18)13-16-6-4-10-20-12-16/h1-12H,13-15H2. The molecule has 0 spiro atoms. The molecule has 2 aromatic heterocycles. The van der Waals surface area contributed by atoms with Crippen molar-refractivity contribution in [2.24, 2.45) is 0 Å². The molecule has 0 radical (unpaired) electrons. The lowest BCUT2D eigenvalue weighted by atomic mass is 10.2. The zero-order valence-electron chi connectivity index (χ0n) is 13.2. The highest BCUT2D eigenvalue weighted by Crippen LogP contribution is 2.12. The Morgan fingerprint density at radius 3 is 2.62 bits per heavy atom. The lowest BCUT2D eigenvalue weighted by molar-refractivity contribution is -0.134. The van der Waals surface area contributed by atoms with Crippen LogP contribution in [0.15, 0.2) is 77.7 Å². The van der Waals surface area contributed by atoms with Crippen molar-refractivity contribution in [3.8, 4) is 5.75 Å². The largest absolute Gasteiger partial charge is 0.484 e. The van der Waals surface area contributed by atoms with Gasteiger partial charge in [-0.3, -0.25) is 9.78 Å². The molecule has 3 rings (SSSR count). The van der Waals surface area contributed by atoms with E-state index in [1.807, 2.05) is 54.6 Å². The summed E-state index contributed by atoms with van der Waals surface area (Å²) in [5.74, 6) is 1.29. The summed E-state index contributed by atoms with van der Waals surface area (Å²) < 4.78 is 10.9. The van der Waals surface area contributed by atoms with Gasteiger partial charge < -0.3 is 14.1 Å². The van der Waals surface area contributed by atoms with E-state index in [-0.39, 0.29) is 12.5 Å². The molecule has 5 nitrogen and oxygen atoms in total. The van der Waals surface area contributed by atoms with Crippen LogP contribution < -0.4 is 4.74 Å². The summed E-state index contributed by atoms with van der Waals surface area (Å²) >= 11 is 0. The van der Waals surface area contributed by atoms with Crippen LogP contribution in [0.25, 0.3) is 0 Å². The van der Waals surface area contributed by atoms with E-state index in [0.717, 1.165) is 11.3 Å². The number of aromatic nitrogens is 1. The van der Waals surface area contributed by atoms with Crippen LogP contribution in [0.4, 0.5) is 0 Å². The number of furan rings is 1. The maximum atomic E-state index is 12.6. The molecule has 2 heterocycles. The number of ether oxygens (including phenoxy) is 1. The lowest BCUT2D eigenvalue weighted by Crippen LogP contribution is -2.34. The molecular formula is C19H18N2O3. The molecule has 0 aliphatic heterocycles. The molecule has 24 heavy (non-hydrogen) atoms. The van der Waals surface area contributed by atoms with Crippen LogP contribution in [0.2, 0.25) is 0 Å². The summed E-state index contributed by atoms with van der Waals surface area (Å²) in [5.41, 5.74) is 0.956. The van der Waals surface area contributed by atoms with E-state index in [1.165, 1.54) is 0 Å². The molecule has 0 saturated heterocycles. The zero-order chi connectivity index (χ0) is 16.6. The van der Waals surface area contributed by atoms with Crippen molar-refractivity contribution in [1.82, 2.24) is 9.88 Å². The van der Waals surface area contributed by atoms with Crippen molar-refractivity contribution < 1.29 is 13.9 Å². The number of amides is 1. The molecule has 0 atom stereocenters. The SMILES string of the molecule is O=C(COc1ccccc1)N(Cc1cccnc1)Cc1ccco1. The van der Waals surface area contributed by atoms with E-state index >= 15 is 0 Å². The smallest absolute Gasteiger partial charge is 0.261 e. The van der Waals surface area contributed by atoms with E-state index in [4.69, 9.17) is 9.15 Å². The van der Waals surface area contributed by atoms with E-state index in [0.29, 0.717) is 18.8 Å². The van der Waals surface area contributed by atoms with Crippen LogP contribution >= 0.6 is 0 Å². The Kier molecular flexibility index (Phi) is 5.24. The van der Waals surface area contributed by atoms with Crippen LogP contribution in [0.5, 0.6) is 5.75 Å². The Bertz CT molecular complexity index is 743. The molecule has 1 aromatic carbocycles. The Morgan fingerprint density at radius 2 is 1.92 bits per heavy atom. The highest BCUT2D eigenvalue weighted by molar-refractivity contribution is 5.77. The maximum Gasteiger partial charge on any atom is 0.261 e. The number of para-hydroxylation sites is 1. The van der Waals surface area contributed by atoms with Gasteiger partial charge in [-0.25, -0.2) is 0 Å². The topological polar surface area (TPSA) is 55.6 Å². The third-order valence-corrected chi connectivity index (χ3v) is 3.48. The summed E-state index contributed by atoms with van der Waals surface area (Å²) in [7, 11) is 0. The molecule has 0 N–H and O–H groups in total. The monoisotopic (exact) mass is 322 g/mol. The lowest BCUT2D eigenvalue weighted by Gasteiger charge is -2.22. The maximum absolute atomic E-state index is 12.6. The second-order valence-corrected chi connectivity index (χ2v) is 5.29. The summed E-state index contributed by atoms with van der Waals surface area (Å²) in [6.45, 7) is 0.815. The molecule has 0 unspecified atom stereocenters. The Labute approximate surface area is 140 Å². The van der Waals surface area contributed by atoms with Gasteiger partial charge in [-0.1, -0.05) is 24.3 Å². The molecule has 0 aliphatic rings. The van der Waals surface area contributed by atoms with Crippen LogP contribution in [0.3, 0.4) is 0 Å². The fraction of sp³-hybridized carbons (Fsp3) is 0.158. The summed E-state index contributed by atoms with van der Waals surface area (Å²) in [5, 5.41) is 0. The number of nitrogens with zero attached hydrogens (tertiary/aromatic N) is 2. The summed E-state index contributed by atoms with van der Waals surface area (Å²) in [4.78, 5) is 18.4. The first-order chi connectivity index (χ1) is 11.8. The van der Waals surface area contributed by atoms with Crippen LogP contribution in [-0.2, 0) is 17.9 Å². The quantitative estimate of drug-likeness (QED) is 0.670. The minimum Gasteiger partial charge on any atom is -0.484 e. The van der Waals surface area contributed by atoms with Gasteiger partial charge in [0.2, 0.25) is 0 Å². The van der Waals surface area contributed by atoms with Gasteiger partial charge in [-0.05, 0) is 35.9 Å². The van der Waals surface area contributed by atoms with Crippen LogP contribution in [0.1, 0.15) is 11.3 Å². The molecule has 0 saturated carbocycles. The van der Waals surface area contributed by atoms with Gasteiger partial charge in [0, 0.05) is 18.9 Å². The highest BCUT2D eigenvalue weighted by Gasteiger charge is 2.16. The average molecular weight is 322 g/mol. The Morgan fingerprint density at radius 1 is 1.04 bits per heavy atom. The zero-order valence-corrected chi connectivity index (χ0v) is 13.2. The number of rotatable bonds is 7. The average Bonchev–Trinajstić information content (AvgIpc) is 3.14. The van der Waals surface area contributed by atoms with E-state index in [9.17, 15) is 4.79 Å². The van der Waals surface area contributed by atoms with Gasteiger partial charge in [0.05, 0.1) is 12.8 Å². The summed E-state index contributed by atoms with van der Waals surface area (Å²) in [6.07, 6.45) is 5.06. The number of hydrogen-bond acceptors (Lipinski definition) is 4. The molecule has 1 amide bonds. The molecule has 0 fully saturated rings. The van der Waals surface area contributed by atoms with Crippen molar-refractivity contribution in [1.29, 1.82) is 0 Å². The van der Waals surface area contributed by atoms with Crippen molar-refractivity contribution in [2.45, 2.75) is 13.1 Å².